The predicted molar refractivity (Wildman–Crippen MR) is 95.0 cm³/mol. The minimum Gasteiger partial charge on any atom is -0.477 e. The molecule has 0 radical (unpaired) electrons. The minimum absolute atomic E-state index is 0.0559. The Morgan fingerprint density at radius 1 is 1.31 bits per heavy atom. The van der Waals surface area contributed by atoms with Crippen molar-refractivity contribution in [3.05, 3.63) is 34.2 Å². The highest BCUT2D eigenvalue weighted by Crippen LogP contribution is 2.32. The molecular formula is C15H16N4O5S2. The summed E-state index contributed by atoms with van der Waals surface area (Å²) in [6.07, 6.45) is 0. The number of thiazole rings is 1. The van der Waals surface area contributed by atoms with Gasteiger partial charge in [0.2, 0.25) is 0 Å². The SMILES string of the molecule is Cc1cc(NS(=O)(=O)c2cc(-c3nc(C)c(C(=O)O)s3)n(C)c2C)no1. The molecule has 2 N–H and O–H groups in total. The topological polar surface area (TPSA) is 127 Å². The van der Waals surface area contributed by atoms with Gasteiger partial charge in [0.25, 0.3) is 10.0 Å². The number of nitrogens with zero attached hydrogens (tertiary/aromatic N) is 3. The standard InChI is InChI=1S/C15H16N4O5S2/c1-7-5-12(17-24-7)18-26(22,23)11-6-10(19(4)9(11)3)14-16-8(2)13(25-14)15(20)21/h5-6H,1-4H3,(H,17,18)(H,20,21). The van der Waals surface area contributed by atoms with Crippen LogP contribution in [0.4, 0.5) is 5.82 Å². The third-order valence-electron chi connectivity index (χ3n) is 3.86. The van der Waals surface area contributed by atoms with Crippen LogP contribution in [0.1, 0.15) is 26.8 Å². The number of carboxylic acid groups (broad SMARTS) is 1. The Balaban J connectivity index is 2.04. The van der Waals surface area contributed by atoms with Gasteiger partial charge in [0, 0.05) is 18.8 Å². The molecule has 9 nitrogen and oxygen atoms in total. The van der Waals surface area contributed by atoms with Gasteiger partial charge in [-0.3, -0.25) is 4.72 Å². The number of aryl methyl sites for hydroxylation is 2. The lowest BCUT2D eigenvalue weighted by Gasteiger charge is -2.05. The van der Waals surface area contributed by atoms with Crippen LogP contribution in [0, 0.1) is 20.8 Å². The number of aromatic nitrogens is 3. The van der Waals surface area contributed by atoms with Crippen LogP contribution >= 0.6 is 11.3 Å². The van der Waals surface area contributed by atoms with Gasteiger partial charge in [-0.2, -0.15) is 0 Å². The minimum atomic E-state index is -3.89. The summed E-state index contributed by atoms with van der Waals surface area (Å²) in [7, 11) is -2.20. The molecule has 0 saturated carbocycles. The highest BCUT2D eigenvalue weighted by atomic mass is 32.2. The summed E-state index contributed by atoms with van der Waals surface area (Å²) in [6.45, 7) is 4.91. The quantitative estimate of drug-likeness (QED) is 0.678. The summed E-state index contributed by atoms with van der Waals surface area (Å²) in [4.78, 5) is 15.7. The van der Waals surface area contributed by atoms with Gasteiger partial charge >= 0.3 is 5.97 Å². The van der Waals surface area contributed by atoms with E-state index in [4.69, 9.17) is 4.52 Å². The Kier molecular flexibility index (Phi) is 4.36. The van der Waals surface area contributed by atoms with E-state index in [1.807, 2.05) is 0 Å². The first kappa shape index (κ1) is 18.1. The molecule has 0 amide bonds. The third kappa shape index (κ3) is 3.10. The van der Waals surface area contributed by atoms with Crippen molar-refractivity contribution in [1.82, 2.24) is 14.7 Å². The maximum atomic E-state index is 12.7. The molecule has 0 spiro atoms. The number of hydrogen-bond donors (Lipinski definition) is 2. The molecule has 0 unspecified atom stereocenters. The molecule has 3 heterocycles. The Hall–Kier alpha value is -2.66. The highest BCUT2D eigenvalue weighted by Gasteiger charge is 2.25. The molecule has 3 aromatic heterocycles. The summed E-state index contributed by atoms with van der Waals surface area (Å²) >= 11 is 1.00. The summed E-state index contributed by atoms with van der Waals surface area (Å²) in [6, 6.07) is 2.94. The molecule has 138 valence electrons. The summed E-state index contributed by atoms with van der Waals surface area (Å²) in [5.74, 6) is -0.494. The number of hydrogen-bond acceptors (Lipinski definition) is 7. The van der Waals surface area contributed by atoms with Gasteiger partial charge < -0.3 is 14.2 Å². The van der Waals surface area contributed by atoms with Gasteiger partial charge in [0.05, 0.1) is 11.4 Å². The van der Waals surface area contributed by atoms with E-state index in [1.54, 1.807) is 32.4 Å². The molecule has 0 saturated heterocycles. The van der Waals surface area contributed by atoms with E-state index < -0.39 is 16.0 Å². The molecule has 3 rings (SSSR count). The van der Waals surface area contributed by atoms with E-state index in [0.717, 1.165) is 11.3 Å². The van der Waals surface area contributed by atoms with E-state index in [0.29, 0.717) is 27.8 Å². The second-order valence-corrected chi connectivity index (χ2v) is 8.36. The van der Waals surface area contributed by atoms with Crippen LogP contribution < -0.4 is 4.72 Å². The first-order valence-electron chi connectivity index (χ1n) is 7.43. The van der Waals surface area contributed by atoms with Gasteiger partial charge in [-0.15, -0.1) is 11.3 Å². The molecule has 0 bridgehead atoms. The number of aromatic carboxylic acids is 1. The fraction of sp³-hybridized carbons (Fsp3) is 0.267. The first-order valence-corrected chi connectivity index (χ1v) is 9.73. The van der Waals surface area contributed by atoms with Gasteiger partial charge in [-0.25, -0.2) is 18.2 Å². The van der Waals surface area contributed by atoms with Crippen molar-refractivity contribution in [3.63, 3.8) is 0 Å². The highest BCUT2D eigenvalue weighted by molar-refractivity contribution is 7.92. The number of carboxylic acids is 1. The fourth-order valence-electron chi connectivity index (χ4n) is 2.46. The van der Waals surface area contributed by atoms with E-state index >= 15 is 0 Å². The Bertz CT molecular complexity index is 1110. The Morgan fingerprint density at radius 2 is 2.00 bits per heavy atom. The zero-order valence-corrected chi connectivity index (χ0v) is 16.0. The van der Waals surface area contributed by atoms with Gasteiger partial charge in [0.1, 0.15) is 20.5 Å². The van der Waals surface area contributed by atoms with Crippen molar-refractivity contribution < 1.29 is 22.8 Å². The molecule has 0 aromatic carbocycles. The van der Waals surface area contributed by atoms with E-state index in [1.165, 1.54) is 12.1 Å². The predicted octanol–water partition coefficient (Wildman–Crippen LogP) is 2.56. The van der Waals surface area contributed by atoms with Crippen LogP contribution in [0.15, 0.2) is 21.6 Å². The number of anilines is 1. The lowest BCUT2D eigenvalue weighted by atomic mass is 10.4. The number of sulfonamides is 1. The van der Waals surface area contributed by atoms with Gasteiger partial charge in [0.15, 0.2) is 5.82 Å². The third-order valence-corrected chi connectivity index (χ3v) is 6.49. The molecule has 26 heavy (non-hydrogen) atoms. The van der Waals surface area contributed by atoms with Crippen molar-refractivity contribution in [2.45, 2.75) is 25.7 Å². The van der Waals surface area contributed by atoms with E-state index in [2.05, 4.69) is 14.9 Å². The second-order valence-electron chi connectivity index (χ2n) is 5.71. The molecular weight excluding hydrogens is 380 g/mol. The normalized spacial score (nSPS) is 11.7. The Labute approximate surface area is 153 Å². The van der Waals surface area contributed by atoms with Crippen molar-refractivity contribution in [3.8, 4) is 10.7 Å². The zero-order chi connectivity index (χ0) is 19.2. The Morgan fingerprint density at radius 3 is 2.54 bits per heavy atom. The van der Waals surface area contributed by atoms with Crippen LogP contribution in [0.3, 0.4) is 0 Å². The molecule has 0 aliphatic carbocycles. The zero-order valence-electron chi connectivity index (χ0n) is 14.4. The fourth-order valence-corrected chi connectivity index (χ4v) is 4.69. The van der Waals surface area contributed by atoms with E-state index in [-0.39, 0.29) is 15.6 Å². The van der Waals surface area contributed by atoms with Gasteiger partial charge in [-0.05, 0) is 26.8 Å². The number of carbonyl (C=O) groups is 1. The smallest absolute Gasteiger partial charge is 0.347 e. The van der Waals surface area contributed by atoms with Gasteiger partial charge in [-0.1, -0.05) is 5.16 Å². The number of nitrogens with one attached hydrogen (secondary N) is 1. The summed E-state index contributed by atoms with van der Waals surface area (Å²) < 4.78 is 34.3. The first-order chi connectivity index (χ1) is 12.1. The average Bonchev–Trinajstić information content (AvgIpc) is 3.19. The molecule has 11 heteroatoms. The summed E-state index contributed by atoms with van der Waals surface area (Å²) in [5.41, 5.74) is 1.38. The summed E-state index contributed by atoms with van der Waals surface area (Å²) in [5, 5.41) is 13.3. The van der Waals surface area contributed by atoms with Crippen molar-refractivity contribution in [2.75, 3.05) is 4.72 Å². The molecule has 3 aromatic rings. The second kappa shape index (κ2) is 6.25. The lowest BCUT2D eigenvalue weighted by molar-refractivity contribution is 0.0701. The lowest BCUT2D eigenvalue weighted by Crippen LogP contribution is -2.14. The van der Waals surface area contributed by atoms with Crippen LogP contribution in [0.25, 0.3) is 10.7 Å². The van der Waals surface area contributed by atoms with Crippen molar-refractivity contribution in [2.24, 2.45) is 7.05 Å². The maximum Gasteiger partial charge on any atom is 0.347 e. The van der Waals surface area contributed by atoms with Crippen molar-refractivity contribution in [1.29, 1.82) is 0 Å². The van der Waals surface area contributed by atoms with E-state index in [9.17, 15) is 18.3 Å². The monoisotopic (exact) mass is 396 g/mol. The van der Waals surface area contributed by atoms with Crippen molar-refractivity contribution >= 4 is 33.1 Å². The molecule has 0 atom stereocenters. The largest absolute Gasteiger partial charge is 0.477 e. The van der Waals surface area contributed by atoms with Crippen LogP contribution in [-0.2, 0) is 17.1 Å². The van der Waals surface area contributed by atoms with Crippen LogP contribution in [0.2, 0.25) is 0 Å². The molecule has 0 fully saturated rings. The van der Waals surface area contributed by atoms with Crippen LogP contribution in [0.5, 0.6) is 0 Å². The number of rotatable bonds is 5. The maximum absolute atomic E-state index is 12.7. The average molecular weight is 396 g/mol. The van der Waals surface area contributed by atoms with Crippen LogP contribution in [-0.4, -0.2) is 34.2 Å². The molecule has 0 aliphatic rings. The molecule has 0 aliphatic heterocycles.